The number of aromatic nitrogens is 4. The van der Waals surface area contributed by atoms with Gasteiger partial charge in [0.15, 0.2) is 0 Å². The van der Waals surface area contributed by atoms with Crippen molar-refractivity contribution >= 4 is 23.4 Å². The molecule has 0 saturated carbocycles. The van der Waals surface area contributed by atoms with E-state index in [1.54, 1.807) is 4.90 Å². The van der Waals surface area contributed by atoms with Crippen molar-refractivity contribution in [2.45, 2.75) is 58.7 Å². The van der Waals surface area contributed by atoms with Crippen molar-refractivity contribution in [3.63, 3.8) is 0 Å². The Morgan fingerprint density at radius 2 is 1.93 bits per heavy atom. The number of hydrogen-bond donors (Lipinski definition) is 4. The average Bonchev–Trinajstić information content (AvgIpc) is 3.82. The van der Waals surface area contributed by atoms with Gasteiger partial charge in [-0.25, -0.2) is 9.97 Å². The monoisotopic (exact) mass is 620 g/mol. The summed E-state index contributed by atoms with van der Waals surface area (Å²) in [5.74, 6) is 8.06. The van der Waals surface area contributed by atoms with Gasteiger partial charge in [0.1, 0.15) is 17.7 Å². The minimum atomic E-state index is -0.571. The lowest BCUT2D eigenvalue weighted by Crippen LogP contribution is -2.49. The summed E-state index contributed by atoms with van der Waals surface area (Å²) in [4.78, 5) is 44.8. The van der Waals surface area contributed by atoms with E-state index in [0.29, 0.717) is 25.3 Å². The number of likely N-dealkylation sites (N-methyl/N-ethyl adjacent to an activating group) is 1. The maximum atomic E-state index is 13.2. The highest BCUT2D eigenvalue weighted by atomic mass is 16.2. The number of carbonyl (C=O) groups is 2. The van der Waals surface area contributed by atoms with Crippen LogP contribution in [0.4, 0.5) is 0 Å². The number of imidazole rings is 2. The number of nitrogens with one attached hydrogen (secondary N) is 4. The van der Waals surface area contributed by atoms with Crippen LogP contribution in [0.2, 0.25) is 0 Å². The summed E-state index contributed by atoms with van der Waals surface area (Å²) < 4.78 is 0. The van der Waals surface area contributed by atoms with E-state index in [1.165, 1.54) is 0 Å². The fourth-order valence-electron chi connectivity index (χ4n) is 6.01. The molecule has 1 unspecified atom stereocenters. The fraction of sp³-hybridized carbons (Fsp3) is 0.389. The molecule has 0 spiro atoms. The summed E-state index contributed by atoms with van der Waals surface area (Å²) in [5, 5.41) is 5.87. The van der Waals surface area contributed by atoms with Gasteiger partial charge >= 0.3 is 0 Å². The van der Waals surface area contributed by atoms with Gasteiger partial charge in [0, 0.05) is 48.2 Å². The lowest BCUT2D eigenvalue weighted by atomic mass is 10.0. The van der Waals surface area contributed by atoms with E-state index in [1.807, 2.05) is 64.3 Å². The second kappa shape index (κ2) is 14.9. The maximum absolute atomic E-state index is 13.2. The highest BCUT2D eigenvalue weighted by Gasteiger charge is 2.29. The van der Waals surface area contributed by atoms with Gasteiger partial charge in [-0.3, -0.25) is 9.59 Å². The Labute approximate surface area is 271 Å². The van der Waals surface area contributed by atoms with Crippen LogP contribution in [0.5, 0.6) is 0 Å². The zero-order chi connectivity index (χ0) is 32.6. The van der Waals surface area contributed by atoms with Crippen molar-refractivity contribution in [3.05, 3.63) is 83.7 Å². The fourth-order valence-corrected chi connectivity index (χ4v) is 6.01. The van der Waals surface area contributed by atoms with Crippen LogP contribution < -0.4 is 10.6 Å². The number of hydrogen-bond acceptors (Lipinski definition) is 6. The van der Waals surface area contributed by atoms with Gasteiger partial charge in [-0.2, -0.15) is 0 Å². The predicted molar refractivity (Wildman–Crippen MR) is 181 cm³/mol. The van der Waals surface area contributed by atoms with Crippen LogP contribution in [0.1, 0.15) is 68.9 Å². The van der Waals surface area contributed by atoms with Crippen LogP contribution >= 0.6 is 0 Å². The zero-order valence-electron chi connectivity index (χ0n) is 27.2. The molecule has 46 heavy (non-hydrogen) atoms. The quantitative estimate of drug-likeness (QED) is 0.127. The molecule has 1 aliphatic rings. The van der Waals surface area contributed by atoms with Gasteiger partial charge in [0.05, 0.1) is 29.3 Å². The highest BCUT2D eigenvalue weighted by Crippen LogP contribution is 2.33. The van der Waals surface area contributed by atoms with Crippen LogP contribution in [0.15, 0.2) is 60.9 Å². The van der Waals surface area contributed by atoms with E-state index < -0.39 is 6.04 Å². The molecule has 0 aliphatic carbocycles. The van der Waals surface area contributed by atoms with E-state index in [-0.39, 0.29) is 17.9 Å². The first-order valence-corrected chi connectivity index (χ1v) is 16.0. The molecule has 3 heterocycles. The smallest absolute Gasteiger partial charge is 0.245 e. The van der Waals surface area contributed by atoms with Gasteiger partial charge in [0.25, 0.3) is 0 Å². The van der Waals surface area contributed by atoms with Crippen molar-refractivity contribution < 1.29 is 9.59 Å². The molecule has 5 rings (SSSR count). The standard InChI is InChI=1S/C36H44N8O2/c1-6-17-43(36(46)34(24(2)3)39-23-45)22-33-40-29-16-13-27(19-30(29)41-33)10-9-26-11-14-28(15-12-26)31-21-38-35(42-31)32-8-7-18-44(32)25(4)20-37-5/h11-16,19,21,23-24,32,34,37H,4,6-8,17-18,20,22H2,1-3,5H3,(H,38,42)(H,39,45)(H,40,41)/t32-,34?/m0/s1. The molecule has 10 heteroatoms. The Morgan fingerprint density at radius 3 is 2.65 bits per heavy atom. The first-order valence-electron chi connectivity index (χ1n) is 16.0. The number of likely N-dealkylation sites (tertiary alicyclic amines) is 1. The van der Waals surface area contributed by atoms with Gasteiger partial charge in [-0.1, -0.05) is 51.3 Å². The van der Waals surface area contributed by atoms with Crippen LogP contribution in [0.3, 0.4) is 0 Å². The topological polar surface area (TPSA) is 122 Å². The van der Waals surface area contributed by atoms with Crippen molar-refractivity contribution in [1.29, 1.82) is 0 Å². The van der Waals surface area contributed by atoms with Crippen molar-refractivity contribution in [2.24, 2.45) is 5.92 Å². The Hall–Kier alpha value is -4.88. The first-order chi connectivity index (χ1) is 22.3. The first kappa shape index (κ1) is 32.5. The number of benzene rings is 2. The molecule has 1 aliphatic heterocycles. The third kappa shape index (κ3) is 7.49. The van der Waals surface area contributed by atoms with Crippen LogP contribution in [0.25, 0.3) is 22.3 Å². The number of aromatic amines is 2. The Morgan fingerprint density at radius 1 is 1.17 bits per heavy atom. The van der Waals surface area contributed by atoms with E-state index in [2.05, 4.69) is 56.1 Å². The molecule has 0 bridgehead atoms. The lowest BCUT2D eigenvalue weighted by Gasteiger charge is -2.28. The Balaban J connectivity index is 1.26. The van der Waals surface area contributed by atoms with Crippen molar-refractivity contribution in [2.75, 3.05) is 26.7 Å². The molecule has 4 aromatic rings. The highest BCUT2D eigenvalue weighted by molar-refractivity contribution is 5.84. The number of nitrogens with zero attached hydrogens (tertiary/aromatic N) is 4. The third-order valence-corrected chi connectivity index (χ3v) is 8.34. The molecule has 1 saturated heterocycles. The molecule has 2 aromatic carbocycles. The molecule has 2 amide bonds. The molecule has 0 radical (unpaired) electrons. The number of fused-ring (bicyclic) bond motifs is 1. The van der Waals surface area contributed by atoms with Gasteiger partial charge in [-0.05, 0) is 62.6 Å². The van der Waals surface area contributed by atoms with Gasteiger partial charge in [0.2, 0.25) is 12.3 Å². The van der Waals surface area contributed by atoms with Crippen LogP contribution in [-0.4, -0.2) is 74.8 Å². The number of amides is 2. The number of H-pyrrole nitrogens is 2. The molecule has 1 fully saturated rings. The molecule has 2 atom stereocenters. The predicted octanol–water partition coefficient (Wildman–Crippen LogP) is 4.73. The van der Waals surface area contributed by atoms with Gasteiger partial charge in [-0.15, -0.1) is 0 Å². The summed E-state index contributed by atoms with van der Waals surface area (Å²) in [6, 6.07) is 13.7. The van der Waals surface area contributed by atoms with Crippen molar-refractivity contribution in [1.82, 2.24) is 40.4 Å². The third-order valence-electron chi connectivity index (χ3n) is 8.34. The van der Waals surface area contributed by atoms with E-state index in [4.69, 9.17) is 9.97 Å². The zero-order valence-corrected chi connectivity index (χ0v) is 27.2. The molecule has 4 N–H and O–H groups in total. The molecule has 240 valence electrons. The average molecular weight is 621 g/mol. The van der Waals surface area contributed by atoms with Gasteiger partial charge < -0.3 is 30.4 Å². The number of rotatable bonds is 13. The summed E-state index contributed by atoms with van der Waals surface area (Å²) in [7, 11) is 1.94. The minimum absolute atomic E-state index is 0.0224. The maximum Gasteiger partial charge on any atom is 0.245 e. The minimum Gasteiger partial charge on any atom is -0.364 e. The van der Waals surface area contributed by atoms with Crippen LogP contribution in [-0.2, 0) is 16.1 Å². The Bertz CT molecular complexity index is 1730. The lowest BCUT2D eigenvalue weighted by molar-refractivity contribution is -0.136. The summed E-state index contributed by atoms with van der Waals surface area (Å²) in [6.07, 6.45) is 5.56. The summed E-state index contributed by atoms with van der Waals surface area (Å²) >= 11 is 0. The molecular weight excluding hydrogens is 576 g/mol. The Kier molecular flexibility index (Phi) is 10.6. The van der Waals surface area contributed by atoms with Crippen LogP contribution in [0, 0.1) is 17.8 Å². The van der Waals surface area contributed by atoms with E-state index >= 15 is 0 Å². The number of carbonyl (C=O) groups excluding carboxylic acids is 2. The normalized spacial score (nSPS) is 15.1. The van der Waals surface area contributed by atoms with E-state index in [9.17, 15) is 9.59 Å². The molecular formula is C36H44N8O2. The largest absolute Gasteiger partial charge is 0.364 e. The SMILES string of the molecule is C=C(CNC)N1CCC[C@H]1c1nc(-c2ccc(C#Cc3ccc4[nH]c(CN(CCC)C(=O)C(NC=O)C(C)C)nc4c3)cc2)c[nH]1. The molecule has 10 nitrogen and oxygen atoms in total. The molecule has 2 aromatic heterocycles. The summed E-state index contributed by atoms with van der Waals surface area (Å²) in [6.45, 7) is 12.8. The summed E-state index contributed by atoms with van der Waals surface area (Å²) in [5.41, 5.74) is 6.47. The van der Waals surface area contributed by atoms with Crippen molar-refractivity contribution in [3.8, 4) is 23.1 Å². The second-order valence-corrected chi connectivity index (χ2v) is 12.1. The van der Waals surface area contributed by atoms with E-state index in [0.717, 1.165) is 77.3 Å². The second-order valence-electron chi connectivity index (χ2n) is 12.1.